The Morgan fingerprint density at radius 1 is 1.58 bits per heavy atom. The quantitative estimate of drug-likeness (QED) is 0.630. The Morgan fingerprint density at radius 3 is 2.58 bits per heavy atom. The van der Waals surface area contributed by atoms with Crippen molar-refractivity contribution >= 4 is 44.3 Å². The van der Waals surface area contributed by atoms with Crippen LogP contribution < -0.4 is 0 Å². The molecule has 0 saturated carbocycles. The van der Waals surface area contributed by atoms with Gasteiger partial charge in [0, 0.05) is 10.0 Å². The molecule has 64 valence electrons. The average molecular weight is 341 g/mol. The minimum atomic E-state index is -0.0535. The molecular weight excluding hydrogens is 335 g/mol. The fourth-order valence-corrected chi connectivity index (χ4v) is 2.69. The van der Waals surface area contributed by atoms with Crippen molar-refractivity contribution in [1.82, 2.24) is 0 Å². The van der Waals surface area contributed by atoms with Gasteiger partial charge in [-0.25, -0.2) is 0 Å². The summed E-state index contributed by atoms with van der Waals surface area (Å²) < 4.78 is 1.31. The number of hydrogen-bond donors (Lipinski definition) is 1. The van der Waals surface area contributed by atoms with Crippen LogP contribution in [0.3, 0.4) is 0 Å². The first-order chi connectivity index (χ1) is 5.54. The molecular formula is C8H6BrIO2. The van der Waals surface area contributed by atoms with E-state index >= 15 is 0 Å². The fraction of sp³-hybridized carbons (Fsp3) is 0.125. The van der Waals surface area contributed by atoms with Gasteiger partial charge in [0.1, 0.15) is 5.75 Å². The van der Waals surface area contributed by atoms with Gasteiger partial charge in [0.2, 0.25) is 0 Å². The maximum atomic E-state index is 11.1. The fourth-order valence-electron chi connectivity index (χ4n) is 0.864. The molecule has 0 aromatic heterocycles. The van der Waals surface area contributed by atoms with Gasteiger partial charge in [0.05, 0.1) is 3.57 Å². The van der Waals surface area contributed by atoms with Crippen molar-refractivity contribution in [3.8, 4) is 5.75 Å². The van der Waals surface area contributed by atoms with E-state index in [0.29, 0.717) is 9.13 Å². The lowest BCUT2D eigenvalue weighted by atomic mass is 10.1. The Hall–Kier alpha value is -0.100. The lowest BCUT2D eigenvalue weighted by molar-refractivity contribution is 0.101. The minimum Gasteiger partial charge on any atom is -0.507 e. The maximum absolute atomic E-state index is 11.1. The third kappa shape index (κ3) is 1.80. The maximum Gasteiger partial charge on any atom is 0.162 e. The number of benzene rings is 1. The molecule has 1 aromatic rings. The second kappa shape index (κ2) is 3.74. The van der Waals surface area contributed by atoms with Crippen LogP contribution in [0.2, 0.25) is 0 Å². The van der Waals surface area contributed by atoms with Crippen LogP contribution in [0.15, 0.2) is 16.6 Å². The van der Waals surface area contributed by atoms with Gasteiger partial charge in [-0.15, -0.1) is 0 Å². The first kappa shape index (κ1) is 9.98. The molecule has 0 aliphatic heterocycles. The van der Waals surface area contributed by atoms with Crippen molar-refractivity contribution in [3.05, 3.63) is 25.7 Å². The largest absolute Gasteiger partial charge is 0.507 e. The molecule has 0 spiro atoms. The Balaban J connectivity index is 3.43. The van der Waals surface area contributed by atoms with Gasteiger partial charge in [-0.05, 0) is 41.6 Å². The number of ketones is 1. The van der Waals surface area contributed by atoms with Crippen LogP contribution in [0, 0.1) is 3.57 Å². The molecule has 1 rings (SSSR count). The van der Waals surface area contributed by atoms with E-state index in [0.717, 1.165) is 4.47 Å². The highest BCUT2D eigenvalue weighted by atomic mass is 127. The molecule has 0 unspecified atom stereocenters. The van der Waals surface area contributed by atoms with E-state index in [1.807, 2.05) is 22.6 Å². The zero-order chi connectivity index (χ0) is 9.30. The van der Waals surface area contributed by atoms with Gasteiger partial charge in [-0.1, -0.05) is 15.9 Å². The Bertz CT molecular complexity index is 336. The molecule has 4 heteroatoms. The summed E-state index contributed by atoms with van der Waals surface area (Å²) in [6, 6.07) is 3.21. The molecule has 12 heavy (non-hydrogen) atoms. The number of hydrogen-bond acceptors (Lipinski definition) is 2. The van der Waals surface area contributed by atoms with Crippen LogP contribution in [-0.2, 0) is 0 Å². The molecule has 1 N–H and O–H groups in total. The molecule has 0 atom stereocenters. The van der Waals surface area contributed by atoms with Crippen LogP contribution in [0.25, 0.3) is 0 Å². The Kier molecular flexibility index (Phi) is 3.11. The van der Waals surface area contributed by atoms with Gasteiger partial charge in [0.25, 0.3) is 0 Å². The van der Waals surface area contributed by atoms with Gasteiger partial charge in [-0.2, -0.15) is 0 Å². The van der Waals surface area contributed by atoms with Gasteiger partial charge >= 0.3 is 0 Å². The lowest BCUT2D eigenvalue weighted by Crippen LogP contribution is -1.97. The van der Waals surface area contributed by atoms with E-state index in [9.17, 15) is 9.90 Å². The molecule has 0 aliphatic rings. The zero-order valence-electron chi connectivity index (χ0n) is 6.27. The van der Waals surface area contributed by atoms with Gasteiger partial charge in [-0.3, -0.25) is 4.79 Å². The number of carbonyl (C=O) groups is 1. The summed E-state index contributed by atoms with van der Waals surface area (Å²) >= 11 is 5.19. The topological polar surface area (TPSA) is 37.3 Å². The summed E-state index contributed by atoms with van der Waals surface area (Å²) in [5.74, 6) is 0.0891. The molecule has 0 amide bonds. The number of phenols is 1. The van der Waals surface area contributed by atoms with Crippen molar-refractivity contribution in [1.29, 1.82) is 0 Å². The standard InChI is InChI=1S/C8H6BrIO2/c1-4(11)7-5(9)2-3-6(12)8(7)10/h2-3,12H,1H3. The van der Waals surface area contributed by atoms with Crippen molar-refractivity contribution in [2.45, 2.75) is 6.92 Å². The van der Waals surface area contributed by atoms with E-state index in [4.69, 9.17) is 0 Å². The highest BCUT2D eigenvalue weighted by Gasteiger charge is 2.12. The SMILES string of the molecule is CC(=O)c1c(Br)ccc(O)c1I. The second-order valence-corrected chi connectivity index (χ2v) is 4.24. The Morgan fingerprint density at radius 2 is 2.17 bits per heavy atom. The molecule has 1 aromatic carbocycles. The summed E-state index contributed by atoms with van der Waals surface area (Å²) in [5, 5.41) is 9.29. The van der Waals surface area contributed by atoms with Crippen LogP contribution in [0.5, 0.6) is 5.75 Å². The highest BCUT2D eigenvalue weighted by Crippen LogP contribution is 2.29. The van der Waals surface area contributed by atoms with E-state index in [2.05, 4.69) is 15.9 Å². The smallest absolute Gasteiger partial charge is 0.162 e. The molecule has 0 radical (unpaired) electrons. The number of halogens is 2. The summed E-state index contributed by atoms with van der Waals surface area (Å²) in [5.41, 5.74) is 0.538. The van der Waals surface area contributed by atoms with Crippen molar-refractivity contribution in [2.75, 3.05) is 0 Å². The summed E-state index contributed by atoms with van der Waals surface area (Å²) in [6.07, 6.45) is 0. The molecule has 2 nitrogen and oxygen atoms in total. The minimum absolute atomic E-state index is 0.0535. The summed E-state index contributed by atoms with van der Waals surface area (Å²) in [7, 11) is 0. The molecule has 0 heterocycles. The third-order valence-corrected chi connectivity index (χ3v) is 3.18. The van der Waals surface area contributed by atoms with E-state index < -0.39 is 0 Å². The second-order valence-electron chi connectivity index (χ2n) is 2.31. The molecule has 0 aliphatic carbocycles. The normalized spacial score (nSPS) is 9.92. The monoisotopic (exact) mass is 340 g/mol. The van der Waals surface area contributed by atoms with E-state index in [-0.39, 0.29) is 11.5 Å². The van der Waals surface area contributed by atoms with Crippen LogP contribution in [0.1, 0.15) is 17.3 Å². The third-order valence-electron chi connectivity index (χ3n) is 1.42. The van der Waals surface area contributed by atoms with Crippen molar-refractivity contribution in [2.24, 2.45) is 0 Å². The number of rotatable bonds is 1. The average Bonchev–Trinajstić information content (AvgIpc) is 1.97. The number of carbonyl (C=O) groups excluding carboxylic acids is 1. The summed E-state index contributed by atoms with van der Waals surface area (Å²) in [4.78, 5) is 11.1. The van der Waals surface area contributed by atoms with E-state index in [1.54, 1.807) is 12.1 Å². The van der Waals surface area contributed by atoms with Gasteiger partial charge in [0.15, 0.2) is 5.78 Å². The van der Waals surface area contributed by atoms with Gasteiger partial charge < -0.3 is 5.11 Å². The van der Waals surface area contributed by atoms with E-state index in [1.165, 1.54) is 6.92 Å². The predicted octanol–water partition coefficient (Wildman–Crippen LogP) is 2.96. The highest BCUT2D eigenvalue weighted by molar-refractivity contribution is 14.1. The predicted molar refractivity (Wildman–Crippen MR) is 58.5 cm³/mol. The van der Waals surface area contributed by atoms with Crippen LogP contribution >= 0.6 is 38.5 Å². The number of aromatic hydroxyl groups is 1. The van der Waals surface area contributed by atoms with Crippen LogP contribution in [-0.4, -0.2) is 10.9 Å². The number of phenolic OH excluding ortho intramolecular Hbond substituents is 1. The number of Topliss-reactive ketones (excluding diaryl/α,β-unsaturated/α-hetero) is 1. The molecule has 0 bridgehead atoms. The zero-order valence-corrected chi connectivity index (χ0v) is 10.0. The molecule has 0 saturated heterocycles. The van der Waals surface area contributed by atoms with Crippen molar-refractivity contribution < 1.29 is 9.90 Å². The van der Waals surface area contributed by atoms with Crippen LogP contribution in [0.4, 0.5) is 0 Å². The van der Waals surface area contributed by atoms with Crippen molar-refractivity contribution in [3.63, 3.8) is 0 Å². The summed E-state index contributed by atoms with van der Waals surface area (Å²) in [6.45, 7) is 1.47. The first-order valence-corrected chi connectivity index (χ1v) is 5.09. The first-order valence-electron chi connectivity index (χ1n) is 3.22. The lowest BCUT2D eigenvalue weighted by Gasteiger charge is -2.04. The molecule has 0 fully saturated rings. The Labute approximate surface area is 92.2 Å².